The summed E-state index contributed by atoms with van der Waals surface area (Å²) >= 11 is 0. The Bertz CT molecular complexity index is 1120. The second-order valence-electron chi connectivity index (χ2n) is 13.4. The minimum Gasteiger partial charge on any atom is -0.394 e. The molecule has 0 aromatic carbocycles. The number of carbonyl (C=O) groups is 2. The predicted molar refractivity (Wildman–Crippen MR) is 135 cm³/mol. The zero-order chi connectivity index (χ0) is 26.7. The number of aliphatic hydroxyl groups is 2. The number of ketones is 2. The summed E-state index contributed by atoms with van der Waals surface area (Å²) in [6.45, 7) is 6.13. The number of Topliss-reactive ketones (excluding diaryl/α,β-unsaturated/α-hetero) is 1. The molecule has 7 aliphatic rings. The van der Waals surface area contributed by atoms with E-state index in [1.165, 1.54) is 0 Å². The standard InChI is InChI=1S/C30H40O8/c1-4-29-10-8-18(14-31)36-25(29)35-15-22(34)30-23(37-26(29)38-30)12-20-19-6-5-16-11-17(32)7-9-27(16,2)24(19)21(33)13-28(20,30)3/h7,9,11,18-21,23-26,31,33H,4-6,8,10,12-15H2,1-3H3/t18?,19-,20-,21-,23+,24+,25?,26?,27-,28-,29?,30+/m0/s1. The van der Waals surface area contributed by atoms with Gasteiger partial charge in [-0.3, -0.25) is 9.59 Å². The van der Waals surface area contributed by atoms with Crippen molar-refractivity contribution < 1.29 is 38.7 Å². The average molecular weight is 529 g/mol. The molecule has 3 saturated heterocycles. The van der Waals surface area contributed by atoms with Gasteiger partial charge in [0.1, 0.15) is 6.61 Å². The van der Waals surface area contributed by atoms with Gasteiger partial charge in [-0.15, -0.1) is 0 Å². The first kappa shape index (κ1) is 25.5. The lowest BCUT2D eigenvalue weighted by Crippen LogP contribution is -2.65. The Balaban J connectivity index is 1.26. The van der Waals surface area contributed by atoms with Crippen LogP contribution in [0.4, 0.5) is 0 Å². The zero-order valence-electron chi connectivity index (χ0n) is 22.6. The minimum absolute atomic E-state index is 0.0217. The Labute approximate surface area is 223 Å². The van der Waals surface area contributed by atoms with Gasteiger partial charge < -0.3 is 29.2 Å². The van der Waals surface area contributed by atoms with E-state index in [-0.39, 0.29) is 54.1 Å². The largest absolute Gasteiger partial charge is 0.394 e. The third-order valence-electron chi connectivity index (χ3n) is 12.1. The van der Waals surface area contributed by atoms with Gasteiger partial charge in [-0.25, -0.2) is 0 Å². The SMILES string of the molecule is CCC12CCC(CO)OC1OCC(=O)[C@@]13OC2O[C@@H]1C[C@H]1[C@@H]2CCC4=CC(=O)C=C[C@]4(C)[C@H]2[C@@H](O)C[C@@]13C. The highest BCUT2D eigenvalue weighted by Crippen LogP contribution is 2.71. The van der Waals surface area contributed by atoms with Crippen LogP contribution in [0.1, 0.15) is 65.7 Å². The predicted octanol–water partition coefficient (Wildman–Crippen LogP) is 2.85. The topological polar surface area (TPSA) is 112 Å². The van der Waals surface area contributed by atoms with E-state index in [0.717, 1.165) is 18.4 Å². The van der Waals surface area contributed by atoms with E-state index in [4.69, 9.17) is 18.9 Å². The van der Waals surface area contributed by atoms with Crippen molar-refractivity contribution in [2.24, 2.45) is 34.0 Å². The van der Waals surface area contributed by atoms with E-state index in [2.05, 4.69) is 20.8 Å². The van der Waals surface area contributed by atoms with Gasteiger partial charge in [-0.2, -0.15) is 0 Å². The molecule has 2 bridgehead atoms. The Morgan fingerprint density at radius 1 is 1.13 bits per heavy atom. The van der Waals surface area contributed by atoms with Crippen LogP contribution in [0.5, 0.6) is 0 Å². The van der Waals surface area contributed by atoms with Crippen molar-refractivity contribution in [2.45, 2.75) is 102 Å². The second kappa shape index (κ2) is 8.30. The highest BCUT2D eigenvalue weighted by Gasteiger charge is 2.78. The summed E-state index contributed by atoms with van der Waals surface area (Å²) in [5.74, 6) is 0.192. The number of allylic oxidation sites excluding steroid dienone is 4. The molecular formula is C30H40O8. The summed E-state index contributed by atoms with van der Waals surface area (Å²) in [4.78, 5) is 26.3. The molecule has 0 radical (unpaired) electrons. The number of hydrogen-bond acceptors (Lipinski definition) is 8. The van der Waals surface area contributed by atoms with Gasteiger partial charge in [-0.1, -0.05) is 32.4 Å². The van der Waals surface area contributed by atoms with Gasteiger partial charge in [0.15, 0.2) is 29.7 Å². The first-order valence-corrected chi connectivity index (χ1v) is 14.5. The molecule has 208 valence electrons. The lowest BCUT2D eigenvalue weighted by molar-refractivity contribution is -0.329. The molecule has 12 atom stereocenters. The van der Waals surface area contributed by atoms with Gasteiger partial charge >= 0.3 is 0 Å². The molecule has 4 unspecified atom stereocenters. The van der Waals surface area contributed by atoms with Crippen LogP contribution in [0.3, 0.4) is 0 Å². The van der Waals surface area contributed by atoms with Crippen LogP contribution in [-0.2, 0) is 28.5 Å². The van der Waals surface area contributed by atoms with E-state index >= 15 is 0 Å². The van der Waals surface area contributed by atoms with Crippen LogP contribution < -0.4 is 0 Å². The Morgan fingerprint density at radius 2 is 1.95 bits per heavy atom. The number of rotatable bonds is 2. The van der Waals surface area contributed by atoms with E-state index in [1.807, 2.05) is 6.08 Å². The molecule has 0 aromatic heterocycles. The van der Waals surface area contributed by atoms with Crippen LogP contribution in [0.2, 0.25) is 0 Å². The maximum atomic E-state index is 14.1. The highest BCUT2D eigenvalue weighted by atomic mass is 16.8. The Hall–Kier alpha value is -1.42. The van der Waals surface area contributed by atoms with Gasteiger partial charge in [-0.05, 0) is 68.9 Å². The van der Waals surface area contributed by atoms with Crippen LogP contribution >= 0.6 is 0 Å². The number of fused-ring (bicyclic) bond motifs is 8. The summed E-state index contributed by atoms with van der Waals surface area (Å²) in [6, 6.07) is 0. The maximum Gasteiger partial charge on any atom is 0.193 e. The molecule has 4 aliphatic carbocycles. The molecule has 2 N–H and O–H groups in total. The van der Waals surface area contributed by atoms with Crippen molar-refractivity contribution in [3.8, 4) is 0 Å². The summed E-state index contributed by atoms with van der Waals surface area (Å²) in [6.07, 6.45) is 7.63. The maximum absolute atomic E-state index is 14.1. The van der Waals surface area contributed by atoms with Crippen molar-refractivity contribution in [1.82, 2.24) is 0 Å². The van der Waals surface area contributed by atoms with Crippen LogP contribution in [0.15, 0.2) is 23.8 Å². The third-order valence-corrected chi connectivity index (χ3v) is 12.1. The van der Waals surface area contributed by atoms with Gasteiger partial charge in [0.05, 0.1) is 30.3 Å². The van der Waals surface area contributed by atoms with Crippen molar-refractivity contribution in [1.29, 1.82) is 0 Å². The molecule has 8 heteroatoms. The normalized spacial score (nSPS) is 55.1. The molecule has 3 aliphatic heterocycles. The number of aliphatic hydroxyl groups excluding tert-OH is 2. The number of hydrogen-bond donors (Lipinski definition) is 2. The molecule has 6 fully saturated rings. The monoisotopic (exact) mass is 528 g/mol. The smallest absolute Gasteiger partial charge is 0.193 e. The molecule has 0 aromatic rings. The van der Waals surface area contributed by atoms with E-state index in [1.54, 1.807) is 12.2 Å². The third kappa shape index (κ3) is 2.97. The molecule has 7 rings (SSSR count). The van der Waals surface area contributed by atoms with Gasteiger partial charge in [0.25, 0.3) is 0 Å². The molecule has 3 heterocycles. The molecule has 38 heavy (non-hydrogen) atoms. The van der Waals surface area contributed by atoms with Crippen LogP contribution in [0, 0.1) is 34.0 Å². The lowest BCUT2D eigenvalue weighted by atomic mass is 9.46. The number of ether oxygens (including phenoxy) is 4. The van der Waals surface area contributed by atoms with Crippen LogP contribution in [-0.4, -0.2) is 71.5 Å². The first-order chi connectivity index (χ1) is 18.1. The fraction of sp³-hybridized carbons (Fsp3) is 0.800. The molecule has 0 amide bonds. The minimum atomic E-state index is -1.18. The van der Waals surface area contributed by atoms with Crippen LogP contribution in [0.25, 0.3) is 0 Å². The molecule has 1 spiro atoms. The molecule has 8 nitrogen and oxygen atoms in total. The molecule has 3 saturated carbocycles. The lowest BCUT2D eigenvalue weighted by Gasteiger charge is -2.60. The summed E-state index contributed by atoms with van der Waals surface area (Å²) < 4.78 is 26.0. The first-order valence-electron chi connectivity index (χ1n) is 14.5. The van der Waals surface area contributed by atoms with E-state index in [0.29, 0.717) is 32.1 Å². The average Bonchev–Trinajstić information content (AvgIpc) is 3.41. The Kier molecular flexibility index (Phi) is 5.58. The molecular weight excluding hydrogens is 488 g/mol. The van der Waals surface area contributed by atoms with Gasteiger partial charge in [0.2, 0.25) is 0 Å². The fourth-order valence-electron chi connectivity index (χ4n) is 10.1. The summed E-state index contributed by atoms with van der Waals surface area (Å²) in [5.41, 5.74) is -1.60. The van der Waals surface area contributed by atoms with Crippen molar-refractivity contribution in [3.63, 3.8) is 0 Å². The van der Waals surface area contributed by atoms with Crippen molar-refractivity contribution in [3.05, 3.63) is 23.8 Å². The number of carbonyl (C=O) groups excluding carboxylic acids is 2. The Morgan fingerprint density at radius 3 is 2.71 bits per heavy atom. The zero-order valence-corrected chi connectivity index (χ0v) is 22.6. The fourth-order valence-corrected chi connectivity index (χ4v) is 10.1. The quantitative estimate of drug-likeness (QED) is 0.563. The van der Waals surface area contributed by atoms with Crippen molar-refractivity contribution >= 4 is 11.6 Å². The van der Waals surface area contributed by atoms with E-state index in [9.17, 15) is 19.8 Å². The van der Waals surface area contributed by atoms with Gasteiger partial charge in [0, 0.05) is 16.7 Å². The highest BCUT2D eigenvalue weighted by molar-refractivity contribution is 6.01. The van der Waals surface area contributed by atoms with Crippen molar-refractivity contribution in [2.75, 3.05) is 13.2 Å². The van der Waals surface area contributed by atoms with E-state index < -0.39 is 41.2 Å². The summed E-state index contributed by atoms with van der Waals surface area (Å²) in [5, 5.41) is 21.5. The second-order valence-corrected chi connectivity index (χ2v) is 13.4. The summed E-state index contributed by atoms with van der Waals surface area (Å²) in [7, 11) is 0.